The third kappa shape index (κ3) is 1.80. The number of carbonyl (C=O) groups is 1. The summed E-state index contributed by atoms with van der Waals surface area (Å²) in [7, 11) is 4.16. The zero-order valence-electron chi connectivity index (χ0n) is 14.1. The number of nitrogens with zero attached hydrogens (tertiary/aromatic N) is 1. The molecule has 1 aromatic rings. The largest absolute Gasteiger partial charge is 0.378 e. The summed E-state index contributed by atoms with van der Waals surface area (Å²) in [6.45, 7) is 8.40. The summed E-state index contributed by atoms with van der Waals surface area (Å²) in [5, 5.41) is 0. The van der Waals surface area contributed by atoms with Crippen LogP contribution in [0.3, 0.4) is 0 Å². The minimum absolute atomic E-state index is 0.101. The molecule has 4 aliphatic heterocycles. The molecule has 4 saturated heterocycles. The third-order valence-electron chi connectivity index (χ3n) is 6.12. The van der Waals surface area contributed by atoms with Gasteiger partial charge in [0.15, 0.2) is 5.78 Å². The highest BCUT2D eigenvalue weighted by molar-refractivity contribution is 5.91. The van der Waals surface area contributed by atoms with Crippen LogP contribution in [0, 0.1) is 10.8 Å². The molecule has 4 nitrogen and oxygen atoms in total. The summed E-state index contributed by atoms with van der Waals surface area (Å²) in [5.74, 6) is 0.522. The Labute approximate surface area is 132 Å². The average molecular weight is 301 g/mol. The average Bonchev–Trinajstić information content (AvgIpc) is 2.44. The van der Waals surface area contributed by atoms with E-state index in [1.807, 2.05) is 0 Å². The Hall–Kier alpha value is -1.39. The molecule has 4 aliphatic rings. The second-order valence-corrected chi connectivity index (χ2v) is 8.39. The molecule has 0 saturated carbocycles. The molecule has 0 aliphatic carbocycles. The van der Waals surface area contributed by atoms with Crippen molar-refractivity contribution in [2.45, 2.75) is 20.0 Å². The van der Waals surface area contributed by atoms with Gasteiger partial charge in [-0.1, -0.05) is 0 Å². The zero-order chi connectivity index (χ0) is 15.7. The van der Waals surface area contributed by atoms with Crippen LogP contribution in [0.5, 0.6) is 0 Å². The molecule has 4 heteroatoms. The molecule has 0 atom stereocenters. The summed E-state index contributed by atoms with van der Waals surface area (Å²) >= 11 is 0. The molecule has 0 spiro atoms. The van der Waals surface area contributed by atoms with Gasteiger partial charge < -0.3 is 4.90 Å². The lowest BCUT2D eigenvalue weighted by Gasteiger charge is -2.58. The normalized spacial score (nSPS) is 42.7. The molecule has 0 aromatic heterocycles. The topological polar surface area (TPSA) is 29.2 Å². The number of nitrogens with one attached hydrogen (secondary N) is 2. The predicted molar refractivity (Wildman–Crippen MR) is 86.1 cm³/mol. The number of Topliss-reactive ketones (excluding diaryl/α,β-unsaturated/α-hetero) is 1. The van der Waals surface area contributed by atoms with Gasteiger partial charge in [-0.05, 0) is 38.1 Å². The molecule has 0 amide bonds. The number of carbonyl (C=O) groups excluding carboxylic acids is 1. The number of quaternary nitrogens is 2. The lowest BCUT2D eigenvalue weighted by molar-refractivity contribution is -1.18. The van der Waals surface area contributed by atoms with Crippen molar-refractivity contribution in [3.8, 4) is 0 Å². The molecule has 1 aromatic carbocycles. The van der Waals surface area contributed by atoms with Crippen LogP contribution in [0.2, 0.25) is 0 Å². The third-order valence-corrected chi connectivity index (χ3v) is 6.12. The molecule has 4 heterocycles. The summed E-state index contributed by atoms with van der Waals surface area (Å²) < 4.78 is 0. The highest BCUT2D eigenvalue weighted by atomic mass is 16.1. The Morgan fingerprint density at radius 3 is 1.82 bits per heavy atom. The first-order chi connectivity index (χ1) is 10.3. The second kappa shape index (κ2) is 4.33. The van der Waals surface area contributed by atoms with Crippen LogP contribution in [-0.2, 0) is 4.79 Å². The summed E-state index contributed by atoms with van der Waals surface area (Å²) in [6, 6.07) is 9.01. The van der Waals surface area contributed by atoms with Gasteiger partial charge in [-0.2, -0.15) is 0 Å². The summed E-state index contributed by atoms with van der Waals surface area (Å²) in [5.41, 5.74) is 2.47. The number of ketones is 1. The van der Waals surface area contributed by atoms with E-state index in [9.17, 15) is 4.79 Å². The van der Waals surface area contributed by atoms with E-state index in [1.165, 1.54) is 11.3 Å². The molecule has 4 fully saturated rings. The first kappa shape index (κ1) is 14.2. The molecule has 0 unspecified atom stereocenters. The lowest BCUT2D eigenvalue weighted by atomic mass is 9.62. The van der Waals surface area contributed by atoms with Crippen molar-refractivity contribution in [3.05, 3.63) is 29.8 Å². The van der Waals surface area contributed by atoms with Gasteiger partial charge in [0.25, 0.3) is 0 Å². The van der Waals surface area contributed by atoms with Gasteiger partial charge in [-0.25, -0.2) is 0 Å². The van der Waals surface area contributed by atoms with E-state index in [2.05, 4.69) is 57.1 Å². The number of anilines is 1. The van der Waals surface area contributed by atoms with Crippen molar-refractivity contribution in [2.24, 2.45) is 10.8 Å². The highest BCUT2D eigenvalue weighted by Gasteiger charge is 2.68. The quantitative estimate of drug-likeness (QED) is 0.745. The maximum Gasteiger partial charge on any atom is 0.240 e. The zero-order valence-corrected chi connectivity index (χ0v) is 14.1. The van der Waals surface area contributed by atoms with E-state index in [1.54, 1.807) is 9.80 Å². The smallest absolute Gasteiger partial charge is 0.240 e. The van der Waals surface area contributed by atoms with Crippen molar-refractivity contribution in [3.63, 3.8) is 0 Å². The number of piperidine rings is 2. The number of hydrogen-bond donors (Lipinski definition) is 2. The molecule has 22 heavy (non-hydrogen) atoms. The number of benzene rings is 1. The van der Waals surface area contributed by atoms with E-state index in [0.29, 0.717) is 11.9 Å². The van der Waals surface area contributed by atoms with Crippen LogP contribution in [0.4, 0.5) is 5.69 Å². The van der Waals surface area contributed by atoms with Crippen molar-refractivity contribution < 1.29 is 14.6 Å². The molecule has 118 valence electrons. The van der Waals surface area contributed by atoms with E-state index < -0.39 is 0 Å². The van der Waals surface area contributed by atoms with Crippen molar-refractivity contribution in [1.29, 1.82) is 0 Å². The van der Waals surface area contributed by atoms with Gasteiger partial charge in [-0.3, -0.25) is 14.6 Å². The Morgan fingerprint density at radius 1 is 0.955 bits per heavy atom. The second-order valence-electron chi connectivity index (χ2n) is 8.39. The monoisotopic (exact) mass is 301 g/mol. The minimum atomic E-state index is -0.101. The molecular weight excluding hydrogens is 274 g/mol. The Morgan fingerprint density at radius 2 is 1.41 bits per heavy atom. The Balaban J connectivity index is 1.67. The maximum atomic E-state index is 12.7. The molecule has 2 N–H and O–H groups in total. The highest BCUT2D eigenvalue weighted by Crippen LogP contribution is 2.36. The first-order valence-corrected chi connectivity index (χ1v) is 8.34. The Bertz CT molecular complexity index is 582. The van der Waals surface area contributed by atoms with Crippen molar-refractivity contribution >= 4 is 11.5 Å². The van der Waals surface area contributed by atoms with Crippen LogP contribution in [0.15, 0.2) is 24.3 Å². The standard InChI is InChI=1S/C18H25N3O/c1-17-9-20-11-18(2,16(17)22)12-21(10-17)15(20)13-5-7-14(8-6-13)19(3)4/h5-8,15H,9-12H2,1-4H3/p+2. The molecule has 4 bridgehead atoms. The summed E-state index contributed by atoms with van der Waals surface area (Å²) in [4.78, 5) is 18.1. The van der Waals surface area contributed by atoms with Crippen LogP contribution in [0.25, 0.3) is 0 Å². The fourth-order valence-corrected chi connectivity index (χ4v) is 5.44. The van der Waals surface area contributed by atoms with Gasteiger partial charge >= 0.3 is 0 Å². The maximum absolute atomic E-state index is 12.7. The van der Waals surface area contributed by atoms with E-state index in [-0.39, 0.29) is 10.8 Å². The van der Waals surface area contributed by atoms with Crippen molar-refractivity contribution in [1.82, 2.24) is 0 Å². The fraction of sp³-hybridized carbons (Fsp3) is 0.611. The number of hydrogen-bond acceptors (Lipinski definition) is 2. The van der Waals surface area contributed by atoms with E-state index in [4.69, 9.17) is 0 Å². The van der Waals surface area contributed by atoms with E-state index in [0.717, 1.165) is 26.2 Å². The van der Waals surface area contributed by atoms with Gasteiger partial charge in [0.05, 0.1) is 31.7 Å². The van der Waals surface area contributed by atoms with Crippen LogP contribution in [-0.4, -0.2) is 46.1 Å². The van der Waals surface area contributed by atoms with Crippen LogP contribution >= 0.6 is 0 Å². The lowest BCUT2D eigenvalue weighted by Crippen LogP contribution is -3.41. The molecular formula is C18H27N3O+2. The van der Waals surface area contributed by atoms with Gasteiger partial charge in [0.2, 0.25) is 6.17 Å². The minimum Gasteiger partial charge on any atom is -0.378 e. The SMILES string of the molecule is CN(C)c1ccc(C2[NH+]3CC4(C)C[NH+]2CC(C)(C3)C4=O)cc1. The van der Waals surface area contributed by atoms with Crippen LogP contribution in [0.1, 0.15) is 25.6 Å². The summed E-state index contributed by atoms with van der Waals surface area (Å²) in [6.07, 6.45) is 0.505. The Kier molecular flexibility index (Phi) is 2.80. The first-order valence-electron chi connectivity index (χ1n) is 8.34. The van der Waals surface area contributed by atoms with Gasteiger partial charge in [0, 0.05) is 19.8 Å². The fourth-order valence-electron chi connectivity index (χ4n) is 5.44. The molecule has 0 radical (unpaired) electrons. The van der Waals surface area contributed by atoms with E-state index >= 15 is 0 Å². The van der Waals surface area contributed by atoms with Crippen LogP contribution < -0.4 is 14.7 Å². The van der Waals surface area contributed by atoms with Gasteiger partial charge in [0.1, 0.15) is 10.8 Å². The van der Waals surface area contributed by atoms with Gasteiger partial charge in [-0.15, -0.1) is 0 Å². The predicted octanol–water partition coefficient (Wildman–Crippen LogP) is -0.856. The number of rotatable bonds is 2. The molecule has 5 rings (SSSR count). The van der Waals surface area contributed by atoms with Crippen molar-refractivity contribution in [2.75, 3.05) is 45.2 Å².